The lowest BCUT2D eigenvalue weighted by molar-refractivity contribution is 0.0951. The molecule has 248 valence electrons. The number of carbonyl (C=O) groups is 2. The van der Waals surface area contributed by atoms with Crippen molar-refractivity contribution in [1.29, 1.82) is 0 Å². The van der Waals surface area contributed by atoms with Gasteiger partial charge in [0, 0.05) is 35.2 Å². The molecule has 0 saturated heterocycles. The molecule has 0 unspecified atom stereocenters. The fourth-order valence-electron chi connectivity index (χ4n) is 5.59. The number of carbonyl (C=O) groups excluding carboxylic acids is 2. The predicted molar refractivity (Wildman–Crippen MR) is 191 cm³/mol. The van der Waals surface area contributed by atoms with Gasteiger partial charge in [0.1, 0.15) is 5.69 Å². The largest absolute Gasteiger partial charge is 0.505 e. The normalized spacial score (nSPS) is 11.5. The van der Waals surface area contributed by atoms with Gasteiger partial charge in [0.25, 0.3) is 11.8 Å². The molecule has 0 aromatic heterocycles. The Bertz CT molecular complexity index is 1600. The zero-order valence-electron chi connectivity index (χ0n) is 28.1. The lowest BCUT2D eigenvalue weighted by Crippen LogP contribution is -2.31. The molecule has 0 radical (unpaired) electrons. The van der Waals surface area contributed by atoms with E-state index in [9.17, 15) is 14.7 Å². The zero-order chi connectivity index (χ0) is 33.6. The van der Waals surface area contributed by atoms with Crippen LogP contribution >= 0.6 is 0 Å². The SMILES string of the molecule is CCN(CC)CCCNC(=O)c1cc(N=Nc2c(O)c(-c3ccccc3)cc3ccccc23)cc(C(=O)NCCCN(CC)CC)c1. The highest BCUT2D eigenvalue weighted by molar-refractivity contribution is 6.02. The van der Waals surface area contributed by atoms with Crippen molar-refractivity contribution in [2.75, 3.05) is 52.4 Å². The van der Waals surface area contributed by atoms with E-state index in [2.05, 4.69) is 58.4 Å². The van der Waals surface area contributed by atoms with Crippen molar-refractivity contribution in [3.63, 3.8) is 0 Å². The number of phenols is 1. The molecule has 0 spiro atoms. The van der Waals surface area contributed by atoms with Crippen molar-refractivity contribution in [3.05, 3.63) is 90.0 Å². The maximum Gasteiger partial charge on any atom is 0.251 e. The molecule has 0 aliphatic carbocycles. The summed E-state index contributed by atoms with van der Waals surface area (Å²) < 4.78 is 0. The number of benzene rings is 4. The average molecular weight is 637 g/mol. The van der Waals surface area contributed by atoms with Gasteiger partial charge in [0.2, 0.25) is 0 Å². The molecule has 3 N–H and O–H groups in total. The Morgan fingerprint density at radius 2 is 1.21 bits per heavy atom. The molecule has 4 rings (SSSR count). The van der Waals surface area contributed by atoms with Gasteiger partial charge >= 0.3 is 0 Å². The minimum absolute atomic E-state index is 0.00641. The Labute approximate surface area is 278 Å². The number of nitrogens with one attached hydrogen (secondary N) is 2. The maximum absolute atomic E-state index is 13.3. The third-order valence-corrected chi connectivity index (χ3v) is 8.45. The van der Waals surface area contributed by atoms with E-state index in [0.717, 1.165) is 68.4 Å². The van der Waals surface area contributed by atoms with E-state index in [1.807, 2.05) is 60.7 Å². The number of phenolic OH excluding ortho intramolecular Hbond substituents is 1. The number of azo groups is 1. The number of amides is 2. The van der Waals surface area contributed by atoms with Crippen molar-refractivity contribution in [1.82, 2.24) is 20.4 Å². The van der Waals surface area contributed by atoms with Crippen LogP contribution in [0.1, 0.15) is 61.3 Å². The Kier molecular flexibility index (Phi) is 13.4. The Balaban J connectivity index is 1.64. The van der Waals surface area contributed by atoms with Gasteiger partial charge in [-0.2, -0.15) is 5.11 Å². The second kappa shape index (κ2) is 17.9. The van der Waals surface area contributed by atoms with Gasteiger partial charge in [-0.1, -0.05) is 82.3 Å². The Hall–Kier alpha value is -4.60. The van der Waals surface area contributed by atoms with E-state index >= 15 is 0 Å². The van der Waals surface area contributed by atoms with E-state index in [-0.39, 0.29) is 17.6 Å². The first-order chi connectivity index (χ1) is 22.9. The monoisotopic (exact) mass is 636 g/mol. The molecule has 4 aromatic rings. The molecule has 0 bridgehead atoms. The molecule has 0 saturated carbocycles. The molecule has 47 heavy (non-hydrogen) atoms. The summed E-state index contributed by atoms with van der Waals surface area (Å²) in [7, 11) is 0. The van der Waals surface area contributed by atoms with Crippen molar-refractivity contribution in [3.8, 4) is 16.9 Å². The lowest BCUT2D eigenvalue weighted by atomic mass is 9.98. The first-order valence-electron chi connectivity index (χ1n) is 16.8. The van der Waals surface area contributed by atoms with Crippen molar-refractivity contribution >= 4 is 34.0 Å². The molecule has 9 heteroatoms. The van der Waals surface area contributed by atoms with Crippen molar-refractivity contribution < 1.29 is 14.7 Å². The Morgan fingerprint density at radius 1 is 0.681 bits per heavy atom. The molecule has 4 aromatic carbocycles. The van der Waals surface area contributed by atoms with Crippen molar-refractivity contribution in [2.45, 2.75) is 40.5 Å². The fourth-order valence-corrected chi connectivity index (χ4v) is 5.59. The molecule has 2 amide bonds. The standard InChI is InChI=1S/C38H48N6O3/c1-5-43(6-2)22-14-20-39-37(46)30-24-31(38(47)40-21-15-23-44(7-3)8-4)26-32(25-30)41-42-35-33-19-13-12-18-29(33)27-34(36(35)45)28-16-10-9-11-17-28/h9-13,16-19,24-27,45H,5-8,14-15,20-23H2,1-4H3,(H,39,46)(H,40,47). The van der Waals surface area contributed by atoms with E-state index in [4.69, 9.17) is 0 Å². The third-order valence-electron chi connectivity index (χ3n) is 8.45. The first-order valence-corrected chi connectivity index (χ1v) is 16.8. The summed E-state index contributed by atoms with van der Waals surface area (Å²) in [5.41, 5.74) is 2.79. The van der Waals surface area contributed by atoms with Gasteiger partial charge in [-0.15, -0.1) is 5.11 Å². The summed E-state index contributed by atoms with van der Waals surface area (Å²) in [5, 5.41) is 28.0. The maximum atomic E-state index is 13.3. The van der Waals surface area contributed by atoms with Crippen LogP contribution in [-0.2, 0) is 0 Å². The van der Waals surface area contributed by atoms with Crippen LogP contribution in [0.15, 0.2) is 89.1 Å². The van der Waals surface area contributed by atoms with Gasteiger partial charge in [0.15, 0.2) is 5.75 Å². The van der Waals surface area contributed by atoms with Crippen LogP contribution in [0, 0.1) is 0 Å². The molecule has 0 fully saturated rings. The fraction of sp³-hybridized carbons (Fsp3) is 0.368. The molecular formula is C38H48N6O3. The smallest absolute Gasteiger partial charge is 0.251 e. The summed E-state index contributed by atoms with van der Waals surface area (Å²) in [6.07, 6.45) is 1.63. The predicted octanol–water partition coefficient (Wildman–Crippen LogP) is 7.55. The van der Waals surface area contributed by atoms with E-state index < -0.39 is 0 Å². The summed E-state index contributed by atoms with van der Waals surface area (Å²) in [6, 6.07) is 24.1. The summed E-state index contributed by atoms with van der Waals surface area (Å²) in [5.74, 6) is -0.556. The molecule has 0 atom stereocenters. The highest BCUT2D eigenvalue weighted by atomic mass is 16.3. The van der Waals surface area contributed by atoms with Gasteiger partial charge in [-0.25, -0.2) is 0 Å². The van der Waals surface area contributed by atoms with Gasteiger partial charge in [-0.05, 0) is 87.3 Å². The van der Waals surface area contributed by atoms with Crippen LogP contribution in [0.4, 0.5) is 11.4 Å². The quantitative estimate of drug-likeness (QED) is 0.0819. The summed E-state index contributed by atoms with van der Waals surface area (Å²) >= 11 is 0. The number of hydrogen-bond donors (Lipinski definition) is 3. The molecular weight excluding hydrogens is 588 g/mol. The molecule has 0 aliphatic heterocycles. The molecule has 0 aliphatic rings. The van der Waals surface area contributed by atoms with Crippen LogP contribution in [0.5, 0.6) is 5.75 Å². The number of rotatable bonds is 17. The Morgan fingerprint density at radius 3 is 1.77 bits per heavy atom. The van der Waals surface area contributed by atoms with E-state index in [1.54, 1.807) is 18.2 Å². The van der Waals surface area contributed by atoms with Crippen LogP contribution in [0.2, 0.25) is 0 Å². The lowest BCUT2D eigenvalue weighted by Gasteiger charge is -2.18. The summed E-state index contributed by atoms with van der Waals surface area (Å²) in [6.45, 7) is 15.2. The summed E-state index contributed by atoms with van der Waals surface area (Å²) in [4.78, 5) is 31.2. The minimum Gasteiger partial charge on any atom is -0.505 e. The van der Waals surface area contributed by atoms with Gasteiger partial charge < -0.3 is 25.5 Å². The second-order valence-corrected chi connectivity index (χ2v) is 11.4. The van der Waals surface area contributed by atoms with Crippen LogP contribution in [0.25, 0.3) is 21.9 Å². The minimum atomic E-state index is -0.281. The number of nitrogens with zero attached hydrogens (tertiary/aromatic N) is 4. The number of hydrogen-bond acceptors (Lipinski definition) is 7. The molecule has 9 nitrogen and oxygen atoms in total. The third kappa shape index (κ3) is 9.70. The average Bonchev–Trinajstić information content (AvgIpc) is 3.11. The number of fused-ring (bicyclic) bond motifs is 1. The second-order valence-electron chi connectivity index (χ2n) is 11.4. The van der Waals surface area contributed by atoms with Crippen LogP contribution in [-0.4, -0.2) is 79.1 Å². The van der Waals surface area contributed by atoms with Gasteiger partial charge in [-0.3, -0.25) is 9.59 Å². The zero-order valence-corrected chi connectivity index (χ0v) is 28.1. The van der Waals surface area contributed by atoms with E-state index in [0.29, 0.717) is 41.2 Å². The highest BCUT2D eigenvalue weighted by Gasteiger charge is 2.16. The van der Waals surface area contributed by atoms with Crippen LogP contribution in [0.3, 0.4) is 0 Å². The van der Waals surface area contributed by atoms with E-state index in [1.165, 1.54) is 0 Å². The number of aromatic hydroxyl groups is 1. The van der Waals surface area contributed by atoms with Crippen molar-refractivity contribution in [2.24, 2.45) is 10.2 Å². The first kappa shape index (κ1) is 35.3. The highest BCUT2D eigenvalue weighted by Crippen LogP contribution is 2.43. The topological polar surface area (TPSA) is 110 Å². The van der Waals surface area contributed by atoms with Crippen LogP contribution < -0.4 is 10.6 Å². The molecule has 0 heterocycles. The van der Waals surface area contributed by atoms with Gasteiger partial charge in [0.05, 0.1) is 5.69 Å².